The van der Waals surface area contributed by atoms with Crippen LogP contribution in [0.5, 0.6) is 0 Å². The van der Waals surface area contributed by atoms with Crippen LogP contribution >= 0.6 is 11.6 Å². The molecule has 1 fully saturated rings. The third kappa shape index (κ3) is 5.10. The Morgan fingerprint density at radius 3 is 2.74 bits per heavy atom. The summed E-state index contributed by atoms with van der Waals surface area (Å²) in [5.41, 5.74) is 8.27. The van der Waals surface area contributed by atoms with Crippen LogP contribution in [0, 0.1) is 5.82 Å². The second-order valence-corrected chi connectivity index (χ2v) is 9.57. The van der Waals surface area contributed by atoms with Gasteiger partial charge in [0.15, 0.2) is 5.82 Å². The highest BCUT2D eigenvalue weighted by atomic mass is 35.5. The normalized spacial score (nSPS) is 18.2. The second-order valence-electron chi connectivity index (χ2n) is 9.17. The first-order valence-corrected chi connectivity index (χ1v) is 12.4. The Kier molecular flexibility index (Phi) is 7.10. The fourth-order valence-corrected chi connectivity index (χ4v) is 4.96. The number of fused-ring (bicyclic) bond motifs is 2. The Hall–Kier alpha value is -4.25. The van der Waals surface area contributed by atoms with Crippen LogP contribution in [-0.4, -0.2) is 52.3 Å². The van der Waals surface area contributed by atoms with E-state index in [9.17, 15) is 18.8 Å². The number of hydrogen-bond donors (Lipinski definition) is 4. The highest BCUT2D eigenvalue weighted by Crippen LogP contribution is 2.33. The van der Waals surface area contributed by atoms with Crippen molar-refractivity contribution in [3.05, 3.63) is 87.6 Å². The highest BCUT2D eigenvalue weighted by Gasteiger charge is 2.31. The van der Waals surface area contributed by atoms with Crippen molar-refractivity contribution < 1.29 is 18.8 Å². The maximum atomic E-state index is 14.6. The SMILES string of the molecule is CN1CCC(NC(=O)c2cnc(NNC(=O)NC3c4cnccc4CCc4c(F)cccc43)c(Cl)c2)C1=O. The molecule has 2 aromatic heterocycles. The number of nitrogens with zero attached hydrogens (tertiary/aromatic N) is 3. The minimum Gasteiger partial charge on any atom is -0.344 e. The van der Waals surface area contributed by atoms with E-state index in [4.69, 9.17) is 11.6 Å². The summed E-state index contributed by atoms with van der Waals surface area (Å²) >= 11 is 6.29. The van der Waals surface area contributed by atoms with Crippen LogP contribution in [0.2, 0.25) is 5.02 Å². The van der Waals surface area contributed by atoms with Gasteiger partial charge in [0, 0.05) is 37.7 Å². The van der Waals surface area contributed by atoms with Crippen molar-refractivity contribution in [3.63, 3.8) is 0 Å². The van der Waals surface area contributed by atoms with Crippen molar-refractivity contribution in [1.29, 1.82) is 0 Å². The Morgan fingerprint density at radius 1 is 1.13 bits per heavy atom. The van der Waals surface area contributed by atoms with Gasteiger partial charge in [-0.05, 0) is 54.2 Å². The lowest BCUT2D eigenvalue weighted by Crippen LogP contribution is -2.42. The van der Waals surface area contributed by atoms with Gasteiger partial charge in [0.1, 0.15) is 11.9 Å². The summed E-state index contributed by atoms with van der Waals surface area (Å²) in [7, 11) is 1.68. The van der Waals surface area contributed by atoms with Gasteiger partial charge in [0.25, 0.3) is 5.91 Å². The van der Waals surface area contributed by atoms with Gasteiger partial charge in [0.05, 0.1) is 16.6 Å². The van der Waals surface area contributed by atoms with Crippen molar-refractivity contribution in [2.45, 2.75) is 31.3 Å². The number of hydrazine groups is 1. The molecule has 0 saturated carbocycles. The first-order chi connectivity index (χ1) is 18.3. The Labute approximate surface area is 223 Å². The standard InChI is InChI=1S/C26H25ClFN7O3/c1-35-10-8-21(25(35)37)31-24(36)15-11-19(27)23(30-12-15)33-34-26(38)32-22-17-3-2-4-20(28)16(17)6-5-14-7-9-29-13-18(14)22/h2-4,7,9,11-13,21-22H,5-6,8,10H2,1H3,(H,30,33)(H,31,36)(H2,32,34,38). The average Bonchev–Trinajstić information content (AvgIpc) is 3.13. The van der Waals surface area contributed by atoms with E-state index in [0.717, 1.165) is 11.1 Å². The molecule has 4 N–H and O–H groups in total. The molecule has 12 heteroatoms. The van der Waals surface area contributed by atoms with Gasteiger partial charge in [-0.1, -0.05) is 23.7 Å². The van der Waals surface area contributed by atoms with Gasteiger partial charge in [0.2, 0.25) is 5.91 Å². The van der Waals surface area contributed by atoms with E-state index in [1.165, 1.54) is 18.3 Å². The largest absolute Gasteiger partial charge is 0.344 e. The van der Waals surface area contributed by atoms with Gasteiger partial charge in [-0.2, -0.15) is 0 Å². The number of nitrogens with one attached hydrogen (secondary N) is 4. The van der Waals surface area contributed by atoms with Crippen molar-refractivity contribution >= 4 is 35.3 Å². The quantitative estimate of drug-likeness (QED) is 0.371. The first kappa shape index (κ1) is 25.4. The van der Waals surface area contributed by atoms with E-state index >= 15 is 0 Å². The molecule has 2 unspecified atom stereocenters. The van der Waals surface area contributed by atoms with E-state index in [1.54, 1.807) is 36.5 Å². The summed E-state index contributed by atoms with van der Waals surface area (Å²) in [6.45, 7) is 0.572. The van der Waals surface area contributed by atoms with Crippen LogP contribution in [0.4, 0.5) is 15.0 Å². The van der Waals surface area contributed by atoms with Crippen LogP contribution in [0.25, 0.3) is 0 Å². The molecule has 3 aromatic rings. The summed E-state index contributed by atoms with van der Waals surface area (Å²) in [5, 5.41) is 5.65. The molecule has 1 aliphatic heterocycles. The number of rotatable bonds is 5. The highest BCUT2D eigenvalue weighted by molar-refractivity contribution is 6.33. The summed E-state index contributed by atoms with van der Waals surface area (Å²) in [4.78, 5) is 47.3. The number of likely N-dealkylation sites (tertiary alicyclic amines) is 1. The van der Waals surface area contributed by atoms with Crippen molar-refractivity contribution in [1.82, 2.24) is 30.9 Å². The minimum atomic E-state index is -0.624. The van der Waals surface area contributed by atoms with Gasteiger partial charge in [-0.25, -0.2) is 14.2 Å². The van der Waals surface area contributed by atoms with Crippen LogP contribution in [0.3, 0.4) is 0 Å². The zero-order valence-corrected chi connectivity index (χ0v) is 21.2. The molecule has 196 valence electrons. The van der Waals surface area contributed by atoms with E-state index in [1.807, 2.05) is 6.07 Å². The maximum Gasteiger partial charge on any atom is 0.334 e. The van der Waals surface area contributed by atoms with E-state index in [-0.39, 0.29) is 28.1 Å². The molecular weight excluding hydrogens is 513 g/mol. The predicted molar refractivity (Wildman–Crippen MR) is 138 cm³/mol. The Bertz CT molecular complexity index is 1420. The van der Waals surface area contributed by atoms with Crippen LogP contribution in [0.1, 0.15) is 45.1 Å². The van der Waals surface area contributed by atoms with Gasteiger partial charge < -0.3 is 15.5 Å². The maximum absolute atomic E-state index is 14.6. The number of likely N-dealkylation sites (N-methyl/N-ethyl adjacent to an activating group) is 1. The van der Waals surface area contributed by atoms with Gasteiger partial charge in [-0.15, -0.1) is 0 Å². The number of pyridine rings is 2. The van der Waals surface area contributed by atoms with E-state index < -0.39 is 24.0 Å². The predicted octanol–water partition coefficient (Wildman–Crippen LogP) is 2.74. The summed E-state index contributed by atoms with van der Waals surface area (Å²) in [6, 6.07) is 6.25. The van der Waals surface area contributed by atoms with Crippen LogP contribution in [-0.2, 0) is 17.6 Å². The molecule has 2 atom stereocenters. The van der Waals surface area contributed by atoms with Crippen LogP contribution < -0.4 is 21.5 Å². The molecule has 3 heterocycles. The Morgan fingerprint density at radius 2 is 1.97 bits per heavy atom. The number of urea groups is 1. The number of amides is 4. The molecule has 2 aliphatic rings. The van der Waals surface area contributed by atoms with Gasteiger partial charge in [-0.3, -0.25) is 25.4 Å². The number of hydrogen-bond acceptors (Lipinski definition) is 6. The molecule has 1 aromatic carbocycles. The number of carbonyl (C=O) groups is 3. The lowest BCUT2D eigenvalue weighted by atomic mass is 9.96. The summed E-state index contributed by atoms with van der Waals surface area (Å²) in [5.74, 6) is -0.831. The third-order valence-corrected chi connectivity index (χ3v) is 7.06. The van der Waals surface area contributed by atoms with Crippen molar-refractivity contribution in [2.75, 3.05) is 19.0 Å². The topological polar surface area (TPSA) is 128 Å². The fraction of sp³-hybridized carbons (Fsp3) is 0.269. The number of anilines is 1. The summed E-state index contributed by atoms with van der Waals surface area (Å²) in [6.07, 6.45) is 6.29. The second kappa shape index (κ2) is 10.6. The lowest BCUT2D eigenvalue weighted by Gasteiger charge is -2.22. The molecule has 0 radical (unpaired) electrons. The molecular formula is C26H25ClFN7O3. The number of halogens is 2. The van der Waals surface area contributed by atoms with Crippen LogP contribution in [0.15, 0.2) is 48.9 Å². The van der Waals surface area contributed by atoms with E-state index in [2.05, 4.69) is 31.5 Å². The zero-order valence-electron chi connectivity index (χ0n) is 20.4. The fourth-order valence-electron chi connectivity index (χ4n) is 4.75. The average molecular weight is 538 g/mol. The molecule has 38 heavy (non-hydrogen) atoms. The number of aromatic nitrogens is 2. The minimum absolute atomic E-state index is 0.0873. The van der Waals surface area contributed by atoms with E-state index in [0.29, 0.717) is 36.9 Å². The zero-order chi connectivity index (χ0) is 26.8. The smallest absolute Gasteiger partial charge is 0.334 e. The Balaban J connectivity index is 1.26. The third-order valence-electron chi connectivity index (χ3n) is 6.77. The number of carbonyl (C=O) groups excluding carboxylic acids is 3. The molecule has 5 rings (SSSR count). The first-order valence-electron chi connectivity index (χ1n) is 12.1. The number of aryl methyl sites for hydroxylation is 1. The molecule has 4 amide bonds. The molecule has 0 bridgehead atoms. The van der Waals surface area contributed by atoms with Crippen molar-refractivity contribution in [3.8, 4) is 0 Å². The van der Waals surface area contributed by atoms with Crippen molar-refractivity contribution in [2.24, 2.45) is 0 Å². The number of benzene rings is 1. The molecule has 1 saturated heterocycles. The molecule has 0 spiro atoms. The summed E-state index contributed by atoms with van der Waals surface area (Å²) < 4.78 is 14.6. The van der Waals surface area contributed by atoms with Gasteiger partial charge >= 0.3 is 6.03 Å². The lowest BCUT2D eigenvalue weighted by molar-refractivity contribution is -0.128. The molecule has 10 nitrogen and oxygen atoms in total. The monoisotopic (exact) mass is 537 g/mol. The molecule has 1 aliphatic carbocycles.